The van der Waals surface area contributed by atoms with Gasteiger partial charge in [-0.05, 0) is 24.2 Å². The smallest absolute Gasteiger partial charge is 0.327 e. The van der Waals surface area contributed by atoms with Crippen molar-refractivity contribution in [1.29, 1.82) is 0 Å². The van der Waals surface area contributed by atoms with Gasteiger partial charge in [-0.3, -0.25) is 15.2 Å². The molecule has 9 heteroatoms. The maximum Gasteiger partial charge on any atom is 0.327 e. The van der Waals surface area contributed by atoms with Gasteiger partial charge in [0.15, 0.2) is 11.5 Å². The van der Waals surface area contributed by atoms with Gasteiger partial charge in [-0.2, -0.15) is 0 Å². The third-order valence-electron chi connectivity index (χ3n) is 4.26. The number of ether oxygens (including phenoxy) is 1. The molecule has 28 heavy (non-hydrogen) atoms. The first-order chi connectivity index (χ1) is 13.3. The maximum absolute atomic E-state index is 12.4. The van der Waals surface area contributed by atoms with Crippen LogP contribution in [0.5, 0.6) is 0 Å². The second-order valence-corrected chi connectivity index (χ2v) is 13.4. The third kappa shape index (κ3) is 5.14. The largest absolute Gasteiger partial charge is 0.361 e. The molecule has 0 aromatic carbocycles. The lowest BCUT2D eigenvalue weighted by molar-refractivity contribution is 0.0899. The number of hydrogen-bond acceptors (Lipinski definition) is 5. The summed E-state index contributed by atoms with van der Waals surface area (Å²) in [6.07, 6.45) is 6.73. The predicted molar refractivity (Wildman–Crippen MR) is 113 cm³/mol. The first-order valence-corrected chi connectivity index (χ1v) is 12.9. The minimum atomic E-state index is -1.10. The molecule has 0 aliphatic heterocycles. The fourth-order valence-corrected chi connectivity index (χ4v) is 3.29. The molecule has 0 unspecified atom stereocenters. The number of pyridine rings is 1. The number of nitrogens with one attached hydrogen (secondary N) is 1. The first-order valence-electron chi connectivity index (χ1n) is 9.18. The number of anilines is 2. The predicted octanol–water partition coefficient (Wildman–Crippen LogP) is 3.81. The molecule has 0 aliphatic rings. The Morgan fingerprint density at radius 3 is 2.82 bits per heavy atom. The average Bonchev–Trinajstić information content (AvgIpc) is 3.07. The third-order valence-corrected chi connectivity index (χ3v) is 5.97. The fraction of sp³-hybridized carbons (Fsp3) is 0.368. The van der Waals surface area contributed by atoms with Gasteiger partial charge >= 0.3 is 6.03 Å². The second kappa shape index (κ2) is 8.49. The molecule has 0 atom stereocenters. The van der Waals surface area contributed by atoms with E-state index in [1.165, 1.54) is 4.90 Å². The van der Waals surface area contributed by atoms with E-state index in [0.717, 1.165) is 18.3 Å². The molecule has 148 valence electrons. The summed E-state index contributed by atoms with van der Waals surface area (Å²) in [5.41, 5.74) is 2.12. The van der Waals surface area contributed by atoms with Crippen LogP contribution in [0.25, 0.3) is 11.2 Å². The van der Waals surface area contributed by atoms with E-state index in [-0.39, 0.29) is 6.03 Å². The van der Waals surface area contributed by atoms with Crippen LogP contribution in [0.2, 0.25) is 25.7 Å². The number of fused-ring (bicyclic) bond motifs is 1. The molecule has 2 amide bonds. The Hall–Kier alpha value is -2.78. The summed E-state index contributed by atoms with van der Waals surface area (Å²) in [4.78, 5) is 26.8. The number of amides is 2. The van der Waals surface area contributed by atoms with Gasteiger partial charge in [0.1, 0.15) is 12.2 Å². The molecule has 3 rings (SSSR count). The first kappa shape index (κ1) is 20.0. The Balaban J connectivity index is 1.62. The van der Waals surface area contributed by atoms with Crippen LogP contribution in [0.15, 0.2) is 43.0 Å². The normalized spacial score (nSPS) is 11.6. The van der Waals surface area contributed by atoms with Crippen molar-refractivity contribution in [2.75, 3.05) is 23.9 Å². The standard InChI is InChI=1S/C19H26N6O2Si/c1-24(15-6-5-8-20-12-15)19(26)23-17-13-21-18-16(22-17)7-9-25(18)14-27-10-11-28(2,3)4/h5-9,12-13H,10-11,14H2,1-4H3,(H,22,23,26). The Kier molecular flexibility index (Phi) is 6.05. The summed E-state index contributed by atoms with van der Waals surface area (Å²) >= 11 is 0. The van der Waals surface area contributed by atoms with Crippen molar-refractivity contribution in [2.24, 2.45) is 0 Å². The monoisotopic (exact) mass is 398 g/mol. The summed E-state index contributed by atoms with van der Waals surface area (Å²) < 4.78 is 7.70. The highest BCUT2D eigenvalue weighted by molar-refractivity contribution is 6.76. The Labute approximate surface area is 165 Å². The van der Waals surface area contributed by atoms with E-state index in [1.54, 1.807) is 31.7 Å². The zero-order valence-corrected chi connectivity index (χ0v) is 17.7. The number of hydrogen-bond donors (Lipinski definition) is 1. The molecule has 1 N–H and O–H groups in total. The van der Waals surface area contributed by atoms with E-state index in [1.807, 2.05) is 22.9 Å². The van der Waals surface area contributed by atoms with Gasteiger partial charge in [-0.1, -0.05) is 19.6 Å². The highest BCUT2D eigenvalue weighted by Crippen LogP contribution is 2.16. The molecule has 0 radical (unpaired) electrons. The zero-order chi connectivity index (χ0) is 20.1. The van der Waals surface area contributed by atoms with Crippen molar-refractivity contribution < 1.29 is 9.53 Å². The van der Waals surface area contributed by atoms with E-state index in [2.05, 4.69) is 39.9 Å². The molecule has 3 heterocycles. The number of carbonyl (C=O) groups excluding carboxylic acids is 1. The summed E-state index contributed by atoms with van der Waals surface area (Å²) in [5.74, 6) is 0.394. The van der Waals surface area contributed by atoms with Crippen molar-refractivity contribution in [3.8, 4) is 0 Å². The van der Waals surface area contributed by atoms with Gasteiger partial charge in [-0.25, -0.2) is 14.8 Å². The van der Waals surface area contributed by atoms with Crippen LogP contribution in [0.3, 0.4) is 0 Å². The maximum atomic E-state index is 12.4. The molecule has 0 saturated heterocycles. The fourth-order valence-electron chi connectivity index (χ4n) is 2.53. The number of aromatic nitrogens is 4. The van der Waals surface area contributed by atoms with Crippen LogP contribution in [-0.4, -0.2) is 47.3 Å². The van der Waals surface area contributed by atoms with E-state index in [0.29, 0.717) is 23.8 Å². The number of urea groups is 1. The van der Waals surface area contributed by atoms with Crippen LogP contribution in [0, 0.1) is 0 Å². The second-order valence-electron chi connectivity index (χ2n) is 7.80. The molecule has 0 fully saturated rings. The highest BCUT2D eigenvalue weighted by atomic mass is 28.3. The molecule has 0 saturated carbocycles. The molecule has 3 aromatic heterocycles. The van der Waals surface area contributed by atoms with Crippen LogP contribution in [-0.2, 0) is 11.5 Å². The lowest BCUT2D eigenvalue weighted by atomic mass is 10.4. The van der Waals surface area contributed by atoms with Gasteiger partial charge in [0.25, 0.3) is 0 Å². The summed E-state index contributed by atoms with van der Waals surface area (Å²) in [6.45, 7) is 8.17. The minimum absolute atomic E-state index is 0.309. The molecule has 8 nitrogen and oxygen atoms in total. The van der Waals surface area contributed by atoms with Gasteiger partial charge in [-0.15, -0.1) is 0 Å². The summed E-state index contributed by atoms with van der Waals surface area (Å²) in [7, 11) is 0.573. The Morgan fingerprint density at radius 2 is 2.11 bits per heavy atom. The Bertz CT molecular complexity index is 938. The van der Waals surface area contributed by atoms with Gasteiger partial charge < -0.3 is 9.30 Å². The van der Waals surface area contributed by atoms with Crippen molar-refractivity contribution >= 4 is 36.8 Å². The molecule has 0 bridgehead atoms. The number of nitrogens with zero attached hydrogens (tertiary/aromatic N) is 5. The topological polar surface area (TPSA) is 85.2 Å². The van der Waals surface area contributed by atoms with Gasteiger partial charge in [0.05, 0.1) is 18.1 Å². The van der Waals surface area contributed by atoms with Crippen LogP contribution >= 0.6 is 0 Å². The van der Waals surface area contributed by atoms with Crippen LogP contribution in [0.4, 0.5) is 16.3 Å². The average molecular weight is 399 g/mol. The van der Waals surface area contributed by atoms with E-state index < -0.39 is 8.07 Å². The lowest BCUT2D eigenvalue weighted by Crippen LogP contribution is -2.31. The van der Waals surface area contributed by atoms with Gasteiger partial charge in [0, 0.05) is 34.1 Å². The van der Waals surface area contributed by atoms with E-state index >= 15 is 0 Å². The van der Waals surface area contributed by atoms with E-state index in [4.69, 9.17) is 4.74 Å². The summed E-state index contributed by atoms with van der Waals surface area (Å²) in [5, 5.41) is 2.76. The molecular formula is C19H26N6O2Si. The molecular weight excluding hydrogens is 372 g/mol. The number of rotatable bonds is 7. The lowest BCUT2D eigenvalue weighted by Gasteiger charge is -2.17. The highest BCUT2D eigenvalue weighted by Gasteiger charge is 2.14. The molecule has 3 aromatic rings. The summed E-state index contributed by atoms with van der Waals surface area (Å²) in [6, 6.07) is 6.27. The van der Waals surface area contributed by atoms with E-state index in [9.17, 15) is 4.79 Å². The molecule has 0 aliphatic carbocycles. The van der Waals surface area contributed by atoms with Crippen LogP contribution in [0.1, 0.15) is 0 Å². The van der Waals surface area contributed by atoms with Gasteiger partial charge in [0.2, 0.25) is 0 Å². The minimum Gasteiger partial charge on any atom is -0.361 e. The molecule has 0 spiro atoms. The van der Waals surface area contributed by atoms with Crippen LogP contribution < -0.4 is 10.2 Å². The van der Waals surface area contributed by atoms with Crippen molar-refractivity contribution in [3.05, 3.63) is 43.0 Å². The zero-order valence-electron chi connectivity index (χ0n) is 16.7. The van der Waals surface area contributed by atoms with Crippen molar-refractivity contribution in [2.45, 2.75) is 32.4 Å². The Morgan fingerprint density at radius 1 is 1.29 bits per heavy atom. The quantitative estimate of drug-likeness (QED) is 0.483. The van der Waals surface area contributed by atoms with Crippen molar-refractivity contribution in [1.82, 2.24) is 19.5 Å². The SMILES string of the molecule is CN(C(=O)Nc1cnc2c(ccn2COCC[Si](C)(C)C)n1)c1cccnc1. The van der Waals surface area contributed by atoms with Crippen molar-refractivity contribution in [3.63, 3.8) is 0 Å². The number of carbonyl (C=O) groups is 1.